The molecule has 8 heteroatoms. The Morgan fingerprint density at radius 3 is 2.52 bits per heavy atom. The zero-order chi connectivity index (χ0) is 18.4. The van der Waals surface area contributed by atoms with Gasteiger partial charge in [-0.3, -0.25) is 4.79 Å². The predicted octanol–water partition coefficient (Wildman–Crippen LogP) is 2.73. The minimum Gasteiger partial charge on any atom is -0.493 e. The van der Waals surface area contributed by atoms with Gasteiger partial charge in [-0.25, -0.2) is 9.55 Å². The second-order valence-corrected chi connectivity index (χ2v) is 5.71. The van der Waals surface area contributed by atoms with Crippen LogP contribution in [0.4, 0.5) is 5.82 Å². The highest BCUT2D eigenvalue weighted by Gasteiger charge is 2.17. The molecule has 0 aliphatic heterocycles. The van der Waals surface area contributed by atoms with Crippen LogP contribution in [0.5, 0.6) is 5.75 Å². The number of nitrogens with zero attached hydrogens (tertiary/aromatic N) is 3. The molecule has 0 amide bonds. The largest absolute Gasteiger partial charge is 0.493 e. The minimum absolute atomic E-state index is 0.0421. The first-order valence-electron chi connectivity index (χ1n) is 7.90. The van der Waals surface area contributed by atoms with Crippen molar-refractivity contribution in [2.45, 2.75) is 33.7 Å². The maximum atomic E-state index is 11.7. The lowest BCUT2D eigenvalue weighted by Gasteiger charge is -2.08. The van der Waals surface area contributed by atoms with E-state index in [1.165, 1.54) is 10.8 Å². The van der Waals surface area contributed by atoms with Crippen molar-refractivity contribution in [2.24, 2.45) is 0 Å². The molecule has 1 heterocycles. The molecule has 2 aromatic rings. The number of carbonyl (C=O) groups excluding carboxylic acids is 1. The predicted molar refractivity (Wildman–Crippen MR) is 90.6 cm³/mol. The lowest BCUT2D eigenvalue weighted by Crippen LogP contribution is -2.15. The number of benzene rings is 1. The van der Waals surface area contributed by atoms with E-state index in [1.807, 2.05) is 32.0 Å². The molecule has 8 nitrogen and oxygen atoms in total. The van der Waals surface area contributed by atoms with E-state index in [9.17, 15) is 14.9 Å². The van der Waals surface area contributed by atoms with Crippen LogP contribution in [0.1, 0.15) is 23.4 Å². The molecule has 0 atom stereocenters. The maximum Gasteiger partial charge on any atom is 0.342 e. The summed E-state index contributed by atoms with van der Waals surface area (Å²) in [4.78, 5) is 26.0. The van der Waals surface area contributed by atoms with E-state index in [-0.39, 0.29) is 32.0 Å². The Hall–Kier alpha value is -2.90. The molecule has 0 fully saturated rings. The zero-order valence-corrected chi connectivity index (χ0v) is 14.5. The summed E-state index contributed by atoms with van der Waals surface area (Å²) in [6.07, 6.45) is 1.30. The van der Waals surface area contributed by atoms with Gasteiger partial charge in [-0.2, -0.15) is 0 Å². The Morgan fingerprint density at radius 2 is 1.88 bits per heavy atom. The molecule has 25 heavy (non-hydrogen) atoms. The van der Waals surface area contributed by atoms with Crippen LogP contribution in [0, 0.1) is 30.9 Å². The van der Waals surface area contributed by atoms with Gasteiger partial charge in [0.05, 0.1) is 13.0 Å². The van der Waals surface area contributed by atoms with Gasteiger partial charge in [0.25, 0.3) is 0 Å². The molecule has 2 rings (SSSR count). The molecule has 0 saturated carbocycles. The lowest BCUT2D eigenvalue weighted by molar-refractivity contribution is -0.392. The Balaban J connectivity index is 1.74. The van der Waals surface area contributed by atoms with E-state index in [4.69, 9.17) is 9.47 Å². The zero-order valence-electron chi connectivity index (χ0n) is 14.5. The van der Waals surface area contributed by atoms with Crippen LogP contribution in [-0.2, 0) is 16.1 Å². The Kier molecular flexibility index (Phi) is 6.10. The second-order valence-electron chi connectivity index (χ2n) is 5.71. The molecule has 0 aliphatic carbocycles. The van der Waals surface area contributed by atoms with Gasteiger partial charge in [0, 0.05) is 6.92 Å². The molecule has 0 bridgehead atoms. The lowest BCUT2D eigenvalue weighted by atomic mass is 10.1. The molecule has 134 valence electrons. The number of hydrogen-bond donors (Lipinski definition) is 0. The normalized spacial score (nSPS) is 10.5. The van der Waals surface area contributed by atoms with Crippen molar-refractivity contribution in [3.8, 4) is 5.75 Å². The van der Waals surface area contributed by atoms with Gasteiger partial charge in [-0.05, 0) is 42.0 Å². The highest BCUT2D eigenvalue weighted by molar-refractivity contribution is 5.69. The van der Waals surface area contributed by atoms with E-state index in [0.717, 1.165) is 16.9 Å². The van der Waals surface area contributed by atoms with Crippen molar-refractivity contribution in [3.05, 3.63) is 51.5 Å². The molecule has 0 aliphatic rings. The average molecular weight is 347 g/mol. The van der Waals surface area contributed by atoms with E-state index in [1.54, 1.807) is 6.92 Å². The smallest absolute Gasteiger partial charge is 0.342 e. The summed E-state index contributed by atoms with van der Waals surface area (Å²) in [5.74, 6) is 0.687. The summed E-state index contributed by atoms with van der Waals surface area (Å²) >= 11 is 0. The van der Waals surface area contributed by atoms with Gasteiger partial charge in [0.15, 0.2) is 5.82 Å². The number of ether oxygens (including phenoxy) is 2. The highest BCUT2D eigenvalue weighted by atomic mass is 16.6. The number of esters is 1. The summed E-state index contributed by atoms with van der Waals surface area (Å²) in [5, 5.41) is 10.9. The first-order chi connectivity index (χ1) is 11.9. The molecular weight excluding hydrogens is 326 g/mol. The number of rotatable bonds is 8. The van der Waals surface area contributed by atoms with Crippen molar-refractivity contribution in [3.63, 3.8) is 0 Å². The molecule has 1 aromatic carbocycles. The fourth-order valence-electron chi connectivity index (χ4n) is 2.47. The first-order valence-corrected chi connectivity index (χ1v) is 7.90. The number of hydrogen-bond acceptors (Lipinski definition) is 6. The third-order valence-corrected chi connectivity index (χ3v) is 3.57. The summed E-state index contributed by atoms with van der Waals surface area (Å²) in [6.45, 7) is 6.06. The van der Waals surface area contributed by atoms with Crippen molar-refractivity contribution in [1.82, 2.24) is 9.55 Å². The molecule has 0 spiro atoms. The third-order valence-electron chi connectivity index (χ3n) is 3.57. The van der Waals surface area contributed by atoms with E-state index in [2.05, 4.69) is 4.98 Å². The van der Waals surface area contributed by atoms with Gasteiger partial charge >= 0.3 is 11.8 Å². The van der Waals surface area contributed by atoms with Crippen LogP contribution in [0.3, 0.4) is 0 Å². The van der Waals surface area contributed by atoms with Crippen molar-refractivity contribution in [2.75, 3.05) is 13.2 Å². The number of aromatic nitrogens is 2. The van der Waals surface area contributed by atoms with Crippen LogP contribution in [0.2, 0.25) is 0 Å². The van der Waals surface area contributed by atoms with E-state index < -0.39 is 10.9 Å². The SMILES string of the molecule is Cc1cc(C)cc(OCCC(=O)OCCn2c([N+](=O)[O-])cnc2C)c1. The molecule has 0 radical (unpaired) electrons. The van der Waals surface area contributed by atoms with Crippen molar-refractivity contribution >= 4 is 11.8 Å². The summed E-state index contributed by atoms with van der Waals surface area (Å²) in [7, 11) is 0. The van der Waals surface area contributed by atoms with Crippen LogP contribution < -0.4 is 4.74 Å². The summed E-state index contributed by atoms with van der Waals surface area (Å²) in [6, 6.07) is 5.84. The number of imidazole rings is 1. The van der Waals surface area contributed by atoms with Crippen LogP contribution in [0.25, 0.3) is 0 Å². The van der Waals surface area contributed by atoms with Crippen LogP contribution in [-0.4, -0.2) is 33.7 Å². The Bertz CT molecular complexity index is 749. The monoisotopic (exact) mass is 347 g/mol. The van der Waals surface area contributed by atoms with Gasteiger partial charge in [0.1, 0.15) is 25.1 Å². The van der Waals surface area contributed by atoms with Gasteiger partial charge < -0.3 is 19.6 Å². The minimum atomic E-state index is -0.514. The summed E-state index contributed by atoms with van der Waals surface area (Å²) < 4.78 is 12.1. The van der Waals surface area contributed by atoms with Crippen molar-refractivity contribution < 1.29 is 19.2 Å². The highest BCUT2D eigenvalue weighted by Crippen LogP contribution is 2.16. The second kappa shape index (κ2) is 8.27. The number of nitro groups is 1. The van der Waals surface area contributed by atoms with Gasteiger partial charge in [-0.15, -0.1) is 0 Å². The summed E-state index contributed by atoms with van der Waals surface area (Å²) in [5.41, 5.74) is 2.18. The number of carbonyl (C=O) groups is 1. The molecule has 0 saturated heterocycles. The Morgan fingerprint density at radius 1 is 1.20 bits per heavy atom. The first kappa shape index (κ1) is 18.4. The van der Waals surface area contributed by atoms with Crippen LogP contribution in [0.15, 0.2) is 24.4 Å². The molecule has 0 unspecified atom stereocenters. The third kappa shape index (κ3) is 5.30. The maximum absolute atomic E-state index is 11.7. The fraction of sp³-hybridized carbons (Fsp3) is 0.412. The topological polar surface area (TPSA) is 96.5 Å². The molecule has 1 aromatic heterocycles. The van der Waals surface area contributed by atoms with Gasteiger partial charge in [-0.1, -0.05) is 6.07 Å². The number of aryl methyl sites for hydroxylation is 3. The molecular formula is C17H21N3O5. The van der Waals surface area contributed by atoms with Gasteiger partial charge in [0.2, 0.25) is 0 Å². The van der Waals surface area contributed by atoms with E-state index >= 15 is 0 Å². The Labute approximate surface area is 145 Å². The standard InChI is InChI=1S/C17H21N3O5/c1-12-8-13(2)10-15(9-12)24-6-4-17(21)25-7-5-19-14(3)18-11-16(19)20(22)23/h8-11H,4-7H2,1-3H3. The average Bonchev–Trinajstić information content (AvgIpc) is 2.88. The van der Waals surface area contributed by atoms with Crippen molar-refractivity contribution in [1.29, 1.82) is 0 Å². The van der Waals surface area contributed by atoms with Crippen LogP contribution >= 0.6 is 0 Å². The quantitative estimate of drug-likeness (QED) is 0.414. The van der Waals surface area contributed by atoms with E-state index in [0.29, 0.717) is 5.82 Å². The molecule has 0 N–H and O–H groups in total. The fourth-order valence-corrected chi connectivity index (χ4v) is 2.47.